The number of halogens is 1. The highest BCUT2D eigenvalue weighted by atomic mass is 35.5. The molecule has 1 amide bonds. The quantitative estimate of drug-likeness (QED) is 0.925. The van der Waals surface area contributed by atoms with Crippen LogP contribution in [0.25, 0.3) is 0 Å². The molecule has 1 N–H and O–H groups in total. The lowest BCUT2D eigenvalue weighted by Gasteiger charge is -2.29. The third-order valence-corrected chi connectivity index (χ3v) is 5.57. The van der Waals surface area contributed by atoms with Gasteiger partial charge in [-0.15, -0.1) is 11.8 Å². The lowest BCUT2D eigenvalue weighted by Crippen LogP contribution is -2.47. The fraction of sp³-hybridized carbons (Fsp3) is 0.467. The molecular formula is C15H18ClNO3S. The fourth-order valence-electron chi connectivity index (χ4n) is 2.36. The second kappa shape index (κ2) is 6.28. The molecule has 1 aliphatic rings. The van der Waals surface area contributed by atoms with Crippen LogP contribution in [0.5, 0.6) is 0 Å². The maximum atomic E-state index is 12.7. The molecule has 114 valence electrons. The minimum Gasteiger partial charge on any atom is -0.480 e. The molecule has 0 spiro atoms. The van der Waals surface area contributed by atoms with Crippen LogP contribution >= 0.6 is 23.4 Å². The van der Waals surface area contributed by atoms with Gasteiger partial charge in [0.15, 0.2) is 0 Å². The van der Waals surface area contributed by atoms with Gasteiger partial charge in [-0.05, 0) is 30.5 Å². The maximum absolute atomic E-state index is 12.7. The molecule has 1 saturated heterocycles. The summed E-state index contributed by atoms with van der Waals surface area (Å²) in [7, 11) is 0. The Morgan fingerprint density at radius 2 is 2.10 bits per heavy atom. The molecule has 2 rings (SSSR count). The van der Waals surface area contributed by atoms with E-state index in [4.69, 9.17) is 11.6 Å². The molecule has 0 bridgehead atoms. The molecule has 2 atom stereocenters. The first-order valence-corrected chi connectivity index (χ1v) is 8.18. The zero-order valence-corrected chi connectivity index (χ0v) is 13.7. The third-order valence-electron chi connectivity index (χ3n) is 3.54. The number of thioether (sulfide) groups is 1. The number of carbonyl (C=O) groups excluding carboxylic acids is 1. The Hall–Kier alpha value is -1.20. The van der Waals surface area contributed by atoms with E-state index >= 15 is 0 Å². The molecule has 1 fully saturated rings. The summed E-state index contributed by atoms with van der Waals surface area (Å²) in [6.45, 7) is 5.84. The molecule has 4 nitrogen and oxygen atoms in total. The molecular weight excluding hydrogens is 310 g/mol. The van der Waals surface area contributed by atoms with Crippen LogP contribution in [0.2, 0.25) is 5.02 Å². The number of amides is 1. The van der Waals surface area contributed by atoms with E-state index in [2.05, 4.69) is 0 Å². The van der Waals surface area contributed by atoms with Crippen molar-refractivity contribution in [1.82, 2.24) is 4.90 Å². The zero-order valence-electron chi connectivity index (χ0n) is 12.2. The molecule has 0 aliphatic carbocycles. The van der Waals surface area contributed by atoms with E-state index in [0.29, 0.717) is 16.3 Å². The lowest BCUT2D eigenvalue weighted by atomic mass is 10.1. The van der Waals surface area contributed by atoms with Gasteiger partial charge in [-0.25, -0.2) is 4.79 Å². The van der Waals surface area contributed by atoms with Crippen molar-refractivity contribution in [3.8, 4) is 0 Å². The smallest absolute Gasteiger partial charge is 0.327 e. The Labute approximate surface area is 133 Å². The summed E-state index contributed by atoms with van der Waals surface area (Å²) >= 11 is 7.59. The van der Waals surface area contributed by atoms with Crippen molar-refractivity contribution in [3.05, 3.63) is 34.3 Å². The van der Waals surface area contributed by atoms with Crippen LogP contribution in [-0.4, -0.2) is 39.1 Å². The van der Waals surface area contributed by atoms with E-state index in [1.807, 2.05) is 20.8 Å². The minimum absolute atomic E-state index is 0.126. The van der Waals surface area contributed by atoms with Gasteiger partial charge in [-0.1, -0.05) is 31.5 Å². The average molecular weight is 328 g/mol. The number of aliphatic carboxylic acids is 1. The molecule has 1 aromatic carbocycles. The van der Waals surface area contributed by atoms with Gasteiger partial charge in [-0.2, -0.15) is 0 Å². The number of carboxylic acid groups (broad SMARTS) is 1. The van der Waals surface area contributed by atoms with Crippen LogP contribution in [0.1, 0.15) is 29.8 Å². The first-order chi connectivity index (χ1) is 9.82. The monoisotopic (exact) mass is 327 g/mol. The number of carbonyl (C=O) groups is 2. The standard InChI is InChI=1S/C15H18ClNO3S/c1-8(2)14-17(12(7-21-14)15(19)20)13(18)10-5-4-9(3)11(16)6-10/h4-6,8,12,14H,7H2,1-3H3,(H,19,20). The van der Waals surface area contributed by atoms with Crippen molar-refractivity contribution < 1.29 is 14.7 Å². The fourth-order valence-corrected chi connectivity index (χ4v) is 4.02. The number of carboxylic acids is 1. The molecule has 6 heteroatoms. The van der Waals surface area contributed by atoms with Gasteiger partial charge >= 0.3 is 5.97 Å². The SMILES string of the molecule is Cc1ccc(C(=O)N2C(C(=O)O)CSC2C(C)C)cc1Cl. The van der Waals surface area contributed by atoms with Crippen LogP contribution in [0, 0.1) is 12.8 Å². The number of nitrogens with zero attached hydrogens (tertiary/aromatic N) is 1. The highest BCUT2D eigenvalue weighted by molar-refractivity contribution is 8.00. The van der Waals surface area contributed by atoms with Gasteiger partial charge in [0.1, 0.15) is 6.04 Å². The van der Waals surface area contributed by atoms with E-state index in [1.165, 1.54) is 16.7 Å². The van der Waals surface area contributed by atoms with Gasteiger partial charge in [-0.3, -0.25) is 4.79 Å². The zero-order chi connectivity index (χ0) is 15.7. The third kappa shape index (κ3) is 3.19. The van der Waals surface area contributed by atoms with Crippen LogP contribution < -0.4 is 0 Å². The van der Waals surface area contributed by atoms with E-state index in [9.17, 15) is 14.7 Å². The van der Waals surface area contributed by atoms with Crippen LogP contribution in [0.15, 0.2) is 18.2 Å². The van der Waals surface area contributed by atoms with Gasteiger partial charge < -0.3 is 10.0 Å². The summed E-state index contributed by atoms with van der Waals surface area (Å²) in [5.74, 6) is -0.627. The van der Waals surface area contributed by atoms with E-state index in [0.717, 1.165) is 5.56 Å². The highest BCUT2D eigenvalue weighted by Gasteiger charge is 2.43. The van der Waals surface area contributed by atoms with Crippen molar-refractivity contribution >= 4 is 35.2 Å². The molecule has 21 heavy (non-hydrogen) atoms. The van der Waals surface area contributed by atoms with E-state index in [1.54, 1.807) is 18.2 Å². The molecule has 0 saturated carbocycles. The van der Waals surface area contributed by atoms with Crippen molar-refractivity contribution in [2.75, 3.05) is 5.75 Å². The lowest BCUT2D eigenvalue weighted by molar-refractivity contribution is -0.141. The van der Waals surface area contributed by atoms with Crippen molar-refractivity contribution in [2.24, 2.45) is 5.92 Å². The number of benzene rings is 1. The average Bonchev–Trinajstić information content (AvgIpc) is 2.86. The molecule has 0 aromatic heterocycles. The first kappa shape index (κ1) is 16.2. The van der Waals surface area contributed by atoms with Crippen molar-refractivity contribution in [2.45, 2.75) is 32.2 Å². The normalized spacial score (nSPS) is 21.9. The molecule has 1 heterocycles. The predicted octanol–water partition coefficient (Wildman–Crippen LogP) is 3.27. The molecule has 0 radical (unpaired) electrons. The van der Waals surface area contributed by atoms with Gasteiger partial charge in [0.2, 0.25) is 0 Å². The van der Waals surface area contributed by atoms with Gasteiger partial charge in [0.05, 0.1) is 5.37 Å². The Bertz CT molecular complexity index is 576. The van der Waals surface area contributed by atoms with Gasteiger partial charge in [0.25, 0.3) is 5.91 Å². The second-order valence-corrected chi connectivity index (χ2v) is 7.06. The number of rotatable bonds is 3. The highest BCUT2D eigenvalue weighted by Crippen LogP contribution is 2.35. The number of hydrogen-bond donors (Lipinski definition) is 1. The summed E-state index contributed by atoms with van der Waals surface area (Å²) in [6.07, 6.45) is 0. The summed E-state index contributed by atoms with van der Waals surface area (Å²) < 4.78 is 0. The van der Waals surface area contributed by atoms with Crippen LogP contribution in [-0.2, 0) is 4.79 Å². The van der Waals surface area contributed by atoms with Crippen LogP contribution in [0.3, 0.4) is 0 Å². The Morgan fingerprint density at radius 1 is 1.43 bits per heavy atom. The molecule has 1 aromatic rings. The van der Waals surface area contributed by atoms with E-state index < -0.39 is 12.0 Å². The van der Waals surface area contributed by atoms with E-state index in [-0.39, 0.29) is 17.2 Å². The summed E-state index contributed by atoms with van der Waals surface area (Å²) in [4.78, 5) is 25.6. The van der Waals surface area contributed by atoms with Crippen LogP contribution in [0.4, 0.5) is 0 Å². The largest absolute Gasteiger partial charge is 0.480 e. The van der Waals surface area contributed by atoms with Crippen molar-refractivity contribution in [1.29, 1.82) is 0 Å². The summed E-state index contributed by atoms with van der Waals surface area (Å²) in [6, 6.07) is 4.30. The minimum atomic E-state index is -0.961. The predicted molar refractivity (Wildman–Crippen MR) is 84.9 cm³/mol. The first-order valence-electron chi connectivity index (χ1n) is 6.76. The molecule has 1 aliphatic heterocycles. The molecule has 2 unspecified atom stereocenters. The Balaban J connectivity index is 2.36. The number of hydrogen-bond acceptors (Lipinski definition) is 3. The Morgan fingerprint density at radius 3 is 2.62 bits per heavy atom. The Kier molecular flexibility index (Phi) is 4.84. The maximum Gasteiger partial charge on any atom is 0.327 e. The topological polar surface area (TPSA) is 57.6 Å². The summed E-state index contributed by atoms with van der Waals surface area (Å²) in [5.41, 5.74) is 1.32. The number of aryl methyl sites for hydroxylation is 1. The van der Waals surface area contributed by atoms with Crippen molar-refractivity contribution in [3.63, 3.8) is 0 Å². The van der Waals surface area contributed by atoms with Gasteiger partial charge in [0, 0.05) is 16.3 Å². The summed E-state index contributed by atoms with van der Waals surface area (Å²) in [5, 5.41) is 9.73. The second-order valence-electron chi connectivity index (χ2n) is 5.50.